The zero-order valence-electron chi connectivity index (χ0n) is 15.5. The minimum absolute atomic E-state index is 0.0959. The van der Waals surface area contributed by atoms with Crippen LogP contribution in [0, 0.1) is 5.92 Å². The monoisotopic (exact) mass is 352 g/mol. The summed E-state index contributed by atoms with van der Waals surface area (Å²) in [5.74, 6) is -0.251. The molecule has 4 fully saturated rings. The van der Waals surface area contributed by atoms with Crippen LogP contribution in [0.5, 0.6) is 0 Å². The van der Waals surface area contributed by atoms with Crippen LogP contribution in [0.2, 0.25) is 0 Å². The van der Waals surface area contributed by atoms with E-state index in [1.54, 1.807) is 0 Å². The molecule has 0 bridgehead atoms. The van der Waals surface area contributed by atoms with E-state index in [-0.39, 0.29) is 35.9 Å². The maximum atomic E-state index is 10.8. The zero-order chi connectivity index (χ0) is 17.7. The summed E-state index contributed by atoms with van der Waals surface area (Å²) < 4.78 is 25.2. The molecule has 0 amide bonds. The smallest absolute Gasteiger partial charge is 0.169 e. The van der Waals surface area contributed by atoms with Crippen LogP contribution in [-0.4, -0.2) is 53.6 Å². The molecule has 4 rings (SSSR count). The fourth-order valence-corrected chi connectivity index (χ4v) is 5.10. The summed E-state index contributed by atoms with van der Waals surface area (Å²) in [4.78, 5) is 0. The van der Waals surface area contributed by atoms with Crippen LogP contribution < -0.4 is 0 Å². The minimum atomic E-state index is -0.670. The van der Waals surface area contributed by atoms with Gasteiger partial charge in [0.05, 0.1) is 24.4 Å². The van der Waals surface area contributed by atoms with E-state index < -0.39 is 11.9 Å². The first-order valence-corrected chi connectivity index (χ1v) is 9.87. The second-order valence-corrected chi connectivity index (χ2v) is 8.83. The summed E-state index contributed by atoms with van der Waals surface area (Å²) in [7, 11) is 0. The Hall–Kier alpha value is -0.460. The van der Waals surface area contributed by atoms with Gasteiger partial charge in [-0.15, -0.1) is 6.58 Å². The van der Waals surface area contributed by atoms with Crippen molar-refractivity contribution in [1.29, 1.82) is 0 Å². The molecule has 1 N–H and O–H groups in total. The summed E-state index contributed by atoms with van der Waals surface area (Å²) >= 11 is 0. The molecule has 0 aromatic rings. The number of hydrogen-bond acceptors (Lipinski definition) is 5. The van der Waals surface area contributed by atoms with Crippen molar-refractivity contribution < 1.29 is 24.1 Å². The van der Waals surface area contributed by atoms with Gasteiger partial charge < -0.3 is 24.1 Å². The lowest BCUT2D eigenvalue weighted by atomic mass is 9.84. The molecule has 5 heteroatoms. The quantitative estimate of drug-likeness (QED) is 0.792. The molecule has 0 aromatic carbocycles. The number of fused-ring (bicyclic) bond motifs is 1. The predicted molar refractivity (Wildman–Crippen MR) is 93.2 cm³/mol. The maximum Gasteiger partial charge on any atom is 0.169 e. The van der Waals surface area contributed by atoms with E-state index in [2.05, 4.69) is 20.4 Å². The van der Waals surface area contributed by atoms with Gasteiger partial charge in [0.1, 0.15) is 18.3 Å². The van der Waals surface area contributed by atoms with Crippen LogP contribution in [0.4, 0.5) is 0 Å². The van der Waals surface area contributed by atoms with Gasteiger partial charge in [-0.1, -0.05) is 12.5 Å². The highest BCUT2D eigenvalue weighted by atomic mass is 16.8. The van der Waals surface area contributed by atoms with Crippen molar-refractivity contribution in [2.45, 2.75) is 101 Å². The molecular formula is C20H32O5. The molecule has 1 saturated carbocycles. The second kappa shape index (κ2) is 6.61. The Morgan fingerprint density at radius 1 is 1.08 bits per heavy atom. The van der Waals surface area contributed by atoms with E-state index in [1.165, 1.54) is 6.42 Å². The van der Waals surface area contributed by atoms with E-state index in [1.807, 2.05) is 6.08 Å². The highest BCUT2D eigenvalue weighted by molar-refractivity contribution is 5.04. The van der Waals surface area contributed by atoms with Gasteiger partial charge in [-0.05, 0) is 39.5 Å². The SMILES string of the molecule is C=CCC1O[C@@H](C2COC(C)(C)C2)[C@H]2OC3(CCCCC3)O[C@H]2[C@H]1O. The lowest BCUT2D eigenvalue weighted by molar-refractivity contribution is -0.203. The molecule has 4 aliphatic rings. The standard InChI is InChI=1S/C20H32O5/c1-4-8-14-15(21)17-18(25-20(24-17)9-6-5-7-10-20)16(23-14)13-11-19(2,3)22-12-13/h4,13-18,21H,1,5-12H2,2-3H3/t13?,14?,15-,16-,17-,18+/m0/s1. The molecule has 1 spiro atoms. The van der Waals surface area contributed by atoms with E-state index >= 15 is 0 Å². The van der Waals surface area contributed by atoms with Crippen LogP contribution in [0.3, 0.4) is 0 Å². The third-order valence-electron chi connectivity index (χ3n) is 6.32. The van der Waals surface area contributed by atoms with Crippen molar-refractivity contribution in [2.75, 3.05) is 6.61 Å². The third-order valence-corrected chi connectivity index (χ3v) is 6.32. The van der Waals surface area contributed by atoms with Gasteiger partial charge in [0, 0.05) is 18.8 Å². The summed E-state index contributed by atoms with van der Waals surface area (Å²) in [5.41, 5.74) is -0.129. The van der Waals surface area contributed by atoms with Crippen molar-refractivity contribution >= 4 is 0 Å². The molecule has 3 heterocycles. The van der Waals surface area contributed by atoms with E-state index in [0.717, 1.165) is 32.1 Å². The fraction of sp³-hybridized carbons (Fsp3) is 0.900. The second-order valence-electron chi connectivity index (χ2n) is 8.83. The van der Waals surface area contributed by atoms with Gasteiger partial charge >= 0.3 is 0 Å². The van der Waals surface area contributed by atoms with E-state index in [0.29, 0.717) is 13.0 Å². The molecule has 3 aliphatic heterocycles. The first-order valence-electron chi connectivity index (χ1n) is 9.87. The molecule has 25 heavy (non-hydrogen) atoms. The molecule has 0 aromatic heterocycles. The fourth-order valence-electron chi connectivity index (χ4n) is 5.10. The number of ether oxygens (including phenoxy) is 4. The molecule has 3 saturated heterocycles. The first-order chi connectivity index (χ1) is 11.9. The molecule has 0 radical (unpaired) electrons. The molecule has 6 atom stereocenters. The van der Waals surface area contributed by atoms with Gasteiger partial charge in [-0.25, -0.2) is 0 Å². The molecule has 1 aliphatic carbocycles. The summed E-state index contributed by atoms with van der Waals surface area (Å²) in [5, 5.41) is 10.8. The number of aliphatic hydroxyl groups excluding tert-OH is 1. The van der Waals surface area contributed by atoms with Crippen LogP contribution in [0.15, 0.2) is 12.7 Å². The number of rotatable bonds is 3. The van der Waals surface area contributed by atoms with Gasteiger partial charge in [-0.3, -0.25) is 0 Å². The first kappa shape index (κ1) is 17.9. The van der Waals surface area contributed by atoms with Gasteiger partial charge in [0.25, 0.3) is 0 Å². The van der Waals surface area contributed by atoms with E-state index in [9.17, 15) is 5.11 Å². The number of hydrogen-bond donors (Lipinski definition) is 1. The van der Waals surface area contributed by atoms with Gasteiger partial charge in [0.15, 0.2) is 5.79 Å². The summed E-state index contributed by atoms with van der Waals surface area (Å²) in [6, 6.07) is 0. The lowest BCUT2D eigenvalue weighted by Gasteiger charge is -2.42. The Morgan fingerprint density at radius 3 is 2.44 bits per heavy atom. The molecule has 5 nitrogen and oxygen atoms in total. The third kappa shape index (κ3) is 3.30. The van der Waals surface area contributed by atoms with Crippen molar-refractivity contribution in [3.8, 4) is 0 Å². The summed E-state index contributed by atoms with van der Waals surface area (Å²) in [6.45, 7) is 8.74. The summed E-state index contributed by atoms with van der Waals surface area (Å²) in [6.07, 6.45) is 7.10. The van der Waals surface area contributed by atoms with Gasteiger partial charge in [-0.2, -0.15) is 0 Å². The van der Waals surface area contributed by atoms with Crippen LogP contribution in [0.1, 0.15) is 58.8 Å². The Labute approximate surface area is 150 Å². The van der Waals surface area contributed by atoms with Crippen LogP contribution in [0.25, 0.3) is 0 Å². The highest BCUT2D eigenvalue weighted by Crippen LogP contribution is 2.48. The lowest BCUT2D eigenvalue weighted by Crippen LogP contribution is -2.58. The maximum absolute atomic E-state index is 10.8. The Balaban J connectivity index is 1.58. The molecule has 142 valence electrons. The topological polar surface area (TPSA) is 57.2 Å². The molecule has 2 unspecified atom stereocenters. The van der Waals surface area contributed by atoms with Crippen molar-refractivity contribution in [3.63, 3.8) is 0 Å². The Bertz CT molecular complexity index is 498. The minimum Gasteiger partial charge on any atom is -0.388 e. The predicted octanol–water partition coefficient (Wildman–Crippen LogP) is 2.95. The highest BCUT2D eigenvalue weighted by Gasteiger charge is 2.59. The Morgan fingerprint density at radius 2 is 1.80 bits per heavy atom. The van der Waals surface area contributed by atoms with Crippen molar-refractivity contribution in [1.82, 2.24) is 0 Å². The van der Waals surface area contributed by atoms with Crippen LogP contribution >= 0.6 is 0 Å². The largest absolute Gasteiger partial charge is 0.388 e. The van der Waals surface area contributed by atoms with E-state index in [4.69, 9.17) is 18.9 Å². The Kier molecular flexibility index (Phi) is 4.74. The average Bonchev–Trinajstić information content (AvgIpc) is 3.12. The van der Waals surface area contributed by atoms with Crippen molar-refractivity contribution in [2.24, 2.45) is 5.92 Å². The number of aliphatic hydroxyl groups is 1. The van der Waals surface area contributed by atoms with Gasteiger partial charge in [0.2, 0.25) is 0 Å². The zero-order valence-corrected chi connectivity index (χ0v) is 15.5. The average molecular weight is 352 g/mol. The normalized spacial score (nSPS) is 45.4. The molecular weight excluding hydrogens is 320 g/mol. The van der Waals surface area contributed by atoms with Crippen LogP contribution in [-0.2, 0) is 18.9 Å². The van der Waals surface area contributed by atoms with Crippen molar-refractivity contribution in [3.05, 3.63) is 12.7 Å².